The number of carboxylic acid groups (broad SMARTS) is 2. The quantitative estimate of drug-likeness (QED) is 0.132. The van der Waals surface area contributed by atoms with Crippen LogP contribution in [0.1, 0.15) is 118 Å². The Labute approximate surface area is 229 Å². The van der Waals surface area contributed by atoms with Crippen molar-refractivity contribution < 1.29 is 38.9 Å². The molecule has 2 N–H and O–H groups in total. The lowest BCUT2D eigenvalue weighted by Crippen LogP contribution is -2.46. The second-order valence-electron chi connectivity index (χ2n) is 11.8. The lowest BCUT2D eigenvalue weighted by Gasteiger charge is -2.35. The third kappa shape index (κ3) is 13.6. The minimum Gasteiger partial charge on any atom is -0.481 e. The van der Waals surface area contributed by atoms with Gasteiger partial charge in [-0.1, -0.05) is 91.9 Å². The van der Waals surface area contributed by atoms with Gasteiger partial charge >= 0.3 is 23.9 Å². The number of hydrogen-bond donors (Lipinski definition) is 2. The van der Waals surface area contributed by atoms with E-state index < -0.39 is 47.5 Å². The summed E-state index contributed by atoms with van der Waals surface area (Å²) in [5, 5.41) is 19.2. The standard InChI is InChI=1S/C30H52O8/c1-21(2)15-11-7-5-9-13-17-37-29(35)25-19-23(27(31)32)24(28(33)34)20-26(25)30(36)38-18-14-10-6-8-12-16-22(3)4/h21-26H,5-20H2,1-4H3,(H,31,32)(H,33,34). The molecule has 0 amide bonds. The molecular formula is C30H52O8. The fraction of sp³-hybridized carbons (Fsp3) is 0.867. The Kier molecular flexibility index (Phi) is 17.0. The molecule has 1 fully saturated rings. The van der Waals surface area contributed by atoms with Crippen molar-refractivity contribution in [2.24, 2.45) is 35.5 Å². The van der Waals surface area contributed by atoms with E-state index in [0.29, 0.717) is 24.7 Å². The molecule has 0 heterocycles. The van der Waals surface area contributed by atoms with Crippen LogP contribution >= 0.6 is 0 Å². The summed E-state index contributed by atoms with van der Waals surface area (Å²) >= 11 is 0. The van der Waals surface area contributed by atoms with Gasteiger partial charge in [0.25, 0.3) is 0 Å². The highest BCUT2D eigenvalue weighted by atomic mass is 16.5. The predicted molar refractivity (Wildman–Crippen MR) is 145 cm³/mol. The maximum absolute atomic E-state index is 12.9. The minimum atomic E-state index is -1.28. The zero-order chi connectivity index (χ0) is 28.5. The molecule has 220 valence electrons. The summed E-state index contributed by atoms with van der Waals surface area (Å²) < 4.78 is 10.9. The summed E-state index contributed by atoms with van der Waals surface area (Å²) in [6, 6.07) is 0. The van der Waals surface area contributed by atoms with Crippen molar-refractivity contribution in [2.75, 3.05) is 13.2 Å². The van der Waals surface area contributed by atoms with E-state index in [1.807, 2.05) is 0 Å². The summed E-state index contributed by atoms with van der Waals surface area (Å²) in [5.74, 6) is -6.95. The molecule has 0 aromatic carbocycles. The second kappa shape index (κ2) is 19.0. The van der Waals surface area contributed by atoms with Gasteiger partial charge < -0.3 is 19.7 Å². The second-order valence-corrected chi connectivity index (χ2v) is 11.8. The van der Waals surface area contributed by atoms with Gasteiger partial charge in [-0.3, -0.25) is 19.2 Å². The number of carbonyl (C=O) groups is 4. The van der Waals surface area contributed by atoms with Crippen LogP contribution in [0.25, 0.3) is 0 Å². The lowest BCUT2D eigenvalue weighted by atomic mass is 9.68. The molecule has 8 heteroatoms. The van der Waals surface area contributed by atoms with E-state index >= 15 is 0 Å². The van der Waals surface area contributed by atoms with Crippen LogP contribution in [0.5, 0.6) is 0 Å². The molecule has 0 spiro atoms. The number of unbranched alkanes of at least 4 members (excludes halogenated alkanes) is 8. The van der Waals surface area contributed by atoms with E-state index in [9.17, 15) is 29.4 Å². The van der Waals surface area contributed by atoms with Crippen molar-refractivity contribution in [3.63, 3.8) is 0 Å². The van der Waals surface area contributed by atoms with Gasteiger partial charge in [-0.2, -0.15) is 0 Å². The van der Waals surface area contributed by atoms with E-state index in [4.69, 9.17) is 9.47 Å². The van der Waals surface area contributed by atoms with Gasteiger partial charge in [0.1, 0.15) is 0 Å². The highest BCUT2D eigenvalue weighted by Crippen LogP contribution is 2.40. The maximum atomic E-state index is 12.9. The van der Waals surface area contributed by atoms with Crippen LogP contribution in [-0.4, -0.2) is 47.3 Å². The van der Waals surface area contributed by atoms with Gasteiger partial charge in [-0.05, 0) is 37.5 Å². The van der Waals surface area contributed by atoms with Gasteiger partial charge in [0, 0.05) is 0 Å². The fourth-order valence-electron chi connectivity index (χ4n) is 5.20. The molecular weight excluding hydrogens is 488 g/mol. The van der Waals surface area contributed by atoms with Crippen molar-refractivity contribution in [2.45, 2.75) is 118 Å². The fourth-order valence-corrected chi connectivity index (χ4v) is 5.20. The van der Waals surface area contributed by atoms with Crippen molar-refractivity contribution in [1.82, 2.24) is 0 Å². The zero-order valence-corrected chi connectivity index (χ0v) is 24.1. The van der Waals surface area contributed by atoms with Crippen molar-refractivity contribution in [1.29, 1.82) is 0 Å². The summed E-state index contributed by atoms with van der Waals surface area (Å²) in [7, 11) is 0. The largest absolute Gasteiger partial charge is 0.481 e. The molecule has 4 atom stereocenters. The van der Waals surface area contributed by atoms with Crippen molar-refractivity contribution >= 4 is 23.9 Å². The Hall–Kier alpha value is -2.12. The molecule has 8 nitrogen and oxygen atoms in total. The van der Waals surface area contributed by atoms with E-state index in [2.05, 4.69) is 27.7 Å². The van der Waals surface area contributed by atoms with Crippen LogP contribution < -0.4 is 0 Å². The first kappa shape index (κ1) is 33.9. The van der Waals surface area contributed by atoms with Gasteiger partial charge in [0.2, 0.25) is 0 Å². The minimum absolute atomic E-state index is 0.207. The maximum Gasteiger partial charge on any atom is 0.309 e. The number of rotatable bonds is 20. The molecule has 1 saturated carbocycles. The molecule has 38 heavy (non-hydrogen) atoms. The summed E-state index contributed by atoms with van der Waals surface area (Å²) in [5.41, 5.74) is 0. The van der Waals surface area contributed by atoms with Crippen LogP contribution in [0.3, 0.4) is 0 Å². The normalized spacial score (nSPS) is 21.4. The molecule has 4 unspecified atom stereocenters. The van der Waals surface area contributed by atoms with Crippen molar-refractivity contribution in [3.8, 4) is 0 Å². The molecule has 0 aromatic rings. The number of aliphatic carboxylic acids is 2. The number of ether oxygens (including phenoxy) is 2. The van der Waals surface area contributed by atoms with E-state index in [0.717, 1.165) is 38.5 Å². The SMILES string of the molecule is CC(C)CCCCCCCOC(=O)C1CC(C(=O)O)C(C(=O)O)CC1C(=O)OCCCCCCCC(C)C. The van der Waals surface area contributed by atoms with Crippen LogP contribution in [0.4, 0.5) is 0 Å². The summed E-state index contributed by atoms with van der Waals surface area (Å²) in [6.45, 7) is 9.24. The van der Waals surface area contributed by atoms with E-state index in [1.165, 1.54) is 25.7 Å². The Bertz CT molecular complexity index is 657. The van der Waals surface area contributed by atoms with E-state index in [1.54, 1.807) is 0 Å². The van der Waals surface area contributed by atoms with Crippen molar-refractivity contribution in [3.05, 3.63) is 0 Å². The number of hydrogen-bond acceptors (Lipinski definition) is 6. The first-order chi connectivity index (χ1) is 18.0. The lowest BCUT2D eigenvalue weighted by molar-refractivity contribution is -0.172. The van der Waals surface area contributed by atoms with Crippen LogP contribution in [0, 0.1) is 35.5 Å². The van der Waals surface area contributed by atoms with Gasteiger partial charge in [0.15, 0.2) is 0 Å². The monoisotopic (exact) mass is 540 g/mol. The Balaban J connectivity index is 2.60. The molecule has 0 aliphatic heterocycles. The first-order valence-corrected chi connectivity index (χ1v) is 14.8. The zero-order valence-electron chi connectivity index (χ0n) is 24.1. The molecule has 1 aliphatic carbocycles. The third-order valence-electron chi connectivity index (χ3n) is 7.57. The van der Waals surface area contributed by atoms with Crippen LogP contribution in [0.15, 0.2) is 0 Å². The van der Waals surface area contributed by atoms with Gasteiger partial charge in [-0.15, -0.1) is 0 Å². The highest BCUT2D eigenvalue weighted by Gasteiger charge is 2.50. The summed E-state index contributed by atoms with van der Waals surface area (Å²) in [4.78, 5) is 49.4. The molecule has 0 saturated heterocycles. The summed E-state index contributed by atoms with van der Waals surface area (Å²) in [6.07, 6.45) is 11.9. The number of carbonyl (C=O) groups excluding carboxylic acids is 2. The molecule has 0 aromatic heterocycles. The Morgan fingerprint density at radius 3 is 1.18 bits per heavy atom. The average molecular weight is 541 g/mol. The number of carboxylic acids is 2. The average Bonchev–Trinajstić information content (AvgIpc) is 2.85. The Morgan fingerprint density at radius 2 is 0.868 bits per heavy atom. The smallest absolute Gasteiger partial charge is 0.309 e. The predicted octanol–water partition coefficient (Wildman–Crippen LogP) is 6.49. The first-order valence-electron chi connectivity index (χ1n) is 14.8. The van der Waals surface area contributed by atoms with Crippen LogP contribution in [0.2, 0.25) is 0 Å². The molecule has 1 rings (SSSR count). The van der Waals surface area contributed by atoms with Gasteiger partial charge in [0.05, 0.1) is 36.9 Å². The van der Waals surface area contributed by atoms with Gasteiger partial charge in [-0.25, -0.2) is 0 Å². The molecule has 0 bridgehead atoms. The Morgan fingerprint density at radius 1 is 0.553 bits per heavy atom. The molecule has 0 radical (unpaired) electrons. The number of esters is 2. The highest BCUT2D eigenvalue weighted by molar-refractivity contribution is 5.86. The van der Waals surface area contributed by atoms with Crippen LogP contribution in [-0.2, 0) is 28.7 Å². The third-order valence-corrected chi connectivity index (χ3v) is 7.57. The van der Waals surface area contributed by atoms with E-state index in [-0.39, 0.29) is 26.1 Å². The molecule has 1 aliphatic rings. The topological polar surface area (TPSA) is 127 Å².